The van der Waals surface area contributed by atoms with Crippen molar-refractivity contribution >= 4 is 18.2 Å². The minimum absolute atomic E-state index is 0.103. The topological polar surface area (TPSA) is 116 Å². The molecular weight excluding hydrogens is 302 g/mol. The van der Waals surface area contributed by atoms with E-state index in [1.165, 1.54) is 19.4 Å². The van der Waals surface area contributed by atoms with E-state index in [-0.39, 0.29) is 12.4 Å². The number of para-hydroxylation sites is 1. The number of ether oxygens (including phenoxy) is 2. The maximum Gasteiger partial charge on any atom is 0.373 e. The van der Waals surface area contributed by atoms with Gasteiger partial charge < -0.3 is 19.6 Å². The fourth-order valence-corrected chi connectivity index (χ4v) is 1.70. The van der Waals surface area contributed by atoms with E-state index in [4.69, 9.17) is 14.9 Å². The van der Waals surface area contributed by atoms with Gasteiger partial charge in [-0.25, -0.2) is 15.0 Å². The van der Waals surface area contributed by atoms with Crippen LogP contribution in [-0.4, -0.2) is 25.3 Å². The average Bonchev–Trinajstić information content (AvgIpc) is 3.02. The molecule has 0 bridgehead atoms. The number of carbonyl (C=O) groups is 2. The Bertz CT molecular complexity index is 723. The van der Waals surface area contributed by atoms with Gasteiger partial charge in [0, 0.05) is 5.56 Å². The van der Waals surface area contributed by atoms with E-state index in [9.17, 15) is 9.59 Å². The van der Waals surface area contributed by atoms with Gasteiger partial charge in [0.1, 0.15) is 18.1 Å². The number of esters is 1. The number of nitrogens with one attached hydrogen (secondary N) is 1. The molecule has 23 heavy (non-hydrogen) atoms. The van der Waals surface area contributed by atoms with Gasteiger partial charge in [0.2, 0.25) is 5.76 Å². The number of rotatable bonds is 6. The first-order valence-corrected chi connectivity index (χ1v) is 6.57. The third kappa shape index (κ3) is 4.60. The van der Waals surface area contributed by atoms with Crippen LogP contribution in [-0.2, 0) is 11.3 Å². The number of nitrogens with two attached hydrogens (primary N) is 1. The third-order valence-corrected chi connectivity index (χ3v) is 2.72. The summed E-state index contributed by atoms with van der Waals surface area (Å²) in [6.45, 7) is 0.116. The first kappa shape index (κ1) is 16.1. The predicted octanol–water partition coefficient (Wildman–Crippen LogP) is 1.65. The van der Waals surface area contributed by atoms with E-state index >= 15 is 0 Å². The van der Waals surface area contributed by atoms with Crippen LogP contribution in [0.5, 0.6) is 5.75 Å². The van der Waals surface area contributed by atoms with Gasteiger partial charge in [-0.3, -0.25) is 0 Å². The van der Waals surface area contributed by atoms with Crippen molar-refractivity contribution in [3.05, 3.63) is 53.5 Å². The quantitative estimate of drug-likeness (QED) is 0.477. The predicted molar refractivity (Wildman–Crippen MR) is 81.1 cm³/mol. The molecule has 1 aromatic heterocycles. The lowest BCUT2D eigenvalue weighted by Gasteiger charge is -2.07. The molecule has 0 aliphatic heterocycles. The number of benzene rings is 1. The number of hydrazone groups is 1. The zero-order valence-electron chi connectivity index (χ0n) is 12.3. The van der Waals surface area contributed by atoms with Crippen LogP contribution < -0.4 is 15.9 Å². The van der Waals surface area contributed by atoms with Crippen LogP contribution in [0.2, 0.25) is 0 Å². The van der Waals surface area contributed by atoms with Crippen molar-refractivity contribution in [2.24, 2.45) is 10.8 Å². The highest BCUT2D eigenvalue weighted by molar-refractivity contribution is 5.86. The van der Waals surface area contributed by atoms with E-state index in [2.05, 4.69) is 15.3 Å². The van der Waals surface area contributed by atoms with Crippen LogP contribution in [0, 0.1) is 0 Å². The van der Waals surface area contributed by atoms with Crippen LogP contribution in [0.1, 0.15) is 21.9 Å². The number of primary amides is 1. The third-order valence-electron chi connectivity index (χ3n) is 2.72. The van der Waals surface area contributed by atoms with Crippen molar-refractivity contribution in [2.75, 3.05) is 7.11 Å². The molecule has 0 aliphatic carbocycles. The summed E-state index contributed by atoms with van der Waals surface area (Å²) in [6, 6.07) is 9.44. The van der Waals surface area contributed by atoms with E-state index in [0.29, 0.717) is 17.1 Å². The number of carbonyl (C=O) groups excluding carboxylic acids is 2. The van der Waals surface area contributed by atoms with Gasteiger partial charge in [-0.15, -0.1) is 0 Å². The Morgan fingerprint density at radius 3 is 2.83 bits per heavy atom. The smallest absolute Gasteiger partial charge is 0.373 e. The number of furan rings is 1. The second kappa shape index (κ2) is 7.64. The zero-order chi connectivity index (χ0) is 16.7. The molecule has 3 N–H and O–H groups in total. The maximum absolute atomic E-state index is 11.3. The molecule has 1 aromatic carbocycles. The molecule has 2 aromatic rings. The second-order valence-corrected chi connectivity index (χ2v) is 4.32. The second-order valence-electron chi connectivity index (χ2n) is 4.32. The lowest BCUT2D eigenvalue weighted by Crippen LogP contribution is -2.24. The zero-order valence-corrected chi connectivity index (χ0v) is 12.3. The summed E-state index contributed by atoms with van der Waals surface area (Å²) in [5, 5.41) is 3.68. The molecule has 2 rings (SSSR count). The molecule has 1 heterocycles. The van der Waals surface area contributed by atoms with Gasteiger partial charge in [0.15, 0.2) is 0 Å². The highest BCUT2D eigenvalue weighted by Crippen LogP contribution is 2.18. The normalized spacial score (nSPS) is 10.5. The Labute approximate surface area is 131 Å². The van der Waals surface area contributed by atoms with Crippen LogP contribution in [0.25, 0.3) is 0 Å². The summed E-state index contributed by atoms with van der Waals surface area (Å²) < 4.78 is 15.5. The van der Waals surface area contributed by atoms with Crippen LogP contribution in [0.15, 0.2) is 45.9 Å². The fourth-order valence-electron chi connectivity index (χ4n) is 1.70. The molecule has 0 unspecified atom stereocenters. The first-order chi connectivity index (χ1) is 11.1. The van der Waals surface area contributed by atoms with E-state index in [1.807, 2.05) is 0 Å². The van der Waals surface area contributed by atoms with Crippen molar-refractivity contribution < 1.29 is 23.5 Å². The van der Waals surface area contributed by atoms with Gasteiger partial charge in [0.05, 0.1) is 13.3 Å². The van der Waals surface area contributed by atoms with Crippen LogP contribution in [0.3, 0.4) is 0 Å². The largest absolute Gasteiger partial charge is 0.485 e. The molecule has 0 radical (unpaired) electrons. The molecule has 0 spiro atoms. The van der Waals surface area contributed by atoms with E-state index < -0.39 is 12.0 Å². The van der Waals surface area contributed by atoms with Gasteiger partial charge in [0.25, 0.3) is 0 Å². The number of nitrogens with zero attached hydrogens (tertiary/aromatic N) is 1. The molecule has 0 saturated carbocycles. The molecule has 2 amide bonds. The summed E-state index contributed by atoms with van der Waals surface area (Å²) in [6.07, 6.45) is 1.40. The molecule has 0 fully saturated rings. The van der Waals surface area contributed by atoms with E-state index in [0.717, 1.165) is 0 Å². The number of amides is 2. The summed E-state index contributed by atoms with van der Waals surface area (Å²) in [7, 11) is 1.27. The Hall–Kier alpha value is -3.29. The number of hydrogen-bond donors (Lipinski definition) is 2. The van der Waals surface area contributed by atoms with Gasteiger partial charge in [-0.2, -0.15) is 5.10 Å². The number of methoxy groups -OCH3 is 1. The van der Waals surface area contributed by atoms with Gasteiger partial charge in [-0.1, -0.05) is 12.1 Å². The van der Waals surface area contributed by atoms with Crippen molar-refractivity contribution in [2.45, 2.75) is 6.61 Å². The summed E-state index contributed by atoms with van der Waals surface area (Å²) in [5.41, 5.74) is 7.66. The van der Waals surface area contributed by atoms with Crippen molar-refractivity contribution in [1.29, 1.82) is 0 Å². The monoisotopic (exact) mass is 317 g/mol. The molecule has 0 aliphatic rings. The Morgan fingerprint density at radius 1 is 1.30 bits per heavy atom. The summed E-state index contributed by atoms with van der Waals surface area (Å²) >= 11 is 0. The molecular formula is C15H15N3O5. The van der Waals surface area contributed by atoms with Crippen molar-refractivity contribution in [3.63, 3.8) is 0 Å². The van der Waals surface area contributed by atoms with Crippen molar-refractivity contribution in [1.82, 2.24) is 5.43 Å². The minimum Gasteiger partial charge on any atom is -0.485 e. The highest BCUT2D eigenvalue weighted by atomic mass is 16.5. The standard InChI is InChI=1S/C15H15N3O5/c1-21-14(19)13-7-6-11(23-13)9-22-12-5-3-2-4-10(12)8-17-18-15(16)20/h2-8H,9H2,1H3,(H3,16,18,20). The minimum atomic E-state index is -0.759. The molecule has 0 saturated heterocycles. The Balaban J connectivity index is 2.03. The lowest BCUT2D eigenvalue weighted by atomic mass is 10.2. The fraction of sp³-hybridized carbons (Fsp3) is 0.133. The van der Waals surface area contributed by atoms with Gasteiger partial charge >= 0.3 is 12.0 Å². The Morgan fingerprint density at radius 2 is 2.09 bits per heavy atom. The summed E-state index contributed by atoms with van der Waals surface area (Å²) in [5.74, 6) is 0.541. The Kier molecular flexibility index (Phi) is 5.35. The SMILES string of the molecule is COC(=O)c1ccc(COc2ccccc2C=NNC(N)=O)o1. The van der Waals surface area contributed by atoms with Crippen LogP contribution >= 0.6 is 0 Å². The highest BCUT2D eigenvalue weighted by Gasteiger charge is 2.11. The molecule has 8 heteroatoms. The lowest BCUT2D eigenvalue weighted by molar-refractivity contribution is 0.0561. The average molecular weight is 317 g/mol. The van der Waals surface area contributed by atoms with Crippen LogP contribution in [0.4, 0.5) is 4.79 Å². The van der Waals surface area contributed by atoms with Crippen molar-refractivity contribution in [3.8, 4) is 5.75 Å². The molecule has 8 nitrogen and oxygen atoms in total. The summed E-state index contributed by atoms with van der Waals surface area (Å²) in [4.78, 5) is 21.9. The van der Waals surface area contributed by atoms with Gasteiger partial charge in [-0.05, 0) is 24.3 Å². The maximum atomic E-state index is 11.3. The number of hydrogen-bond acceptors (Lipinski definition) is 6. The molecule has 0 atom stereocenters. The number of urea groups is 1. The first-order valence-electron chi connectivity index (χ1n) is 6.57. The van der Waals surface area contributed by atoms with E-state index in [1.54, 1.807) is 30.3 Å². The molecule has 120 valence electrons.